The molecule has 0 aromatic heterocycles. The van der Waals surface area contributed by atoms with Gasteiger partial charge in [0.2, 0.25) is 5.91 Å². The van der Waals surface area contributed by atoms with Crippen molar-refractivity contribution < 1.29 is 9.53 Å². The number of carbonyl (C=O) groups is 1. The lowest BCUT2D eigenvalue weighted by molar-refractivity contribution is -0.184. The monoisotopic (exact) mass is 282 g/mol. The lowest BCUT2D eigenvalue weighted by Gasteiger charge is -2.61. The zero-order valence-electron chi connectivity index (χ0n) is 13.6. The number of rotatable bonds is 5. The fourth-order valence-electron chi connectivity index (χ4n) is 3.94. The molecular weight excluding hydrogens is 252 g/mol. The van der Waals surface area contributed by atoms with Crippen molar-refractivity contribution in [1.29, 1.82) is 0 Å². The van der Waals surface area contributed by atoms with Crippen molar-refractivity contribution in [2.75, 3.05) is 19.7 Å². The van der Waals surface area contributed by atoms with Gasteiger partial charge in [0.25, 0.3) is 0 Å². The van der Waals surface area contributed by atoms with E-state index in [0.717, 1.165) is 32.5 Å². The summed E-state index contributed by atoms with van der Waals surface area (Å²) in [5, 5.41) is 0. The van der Waals surface area contributed by atoms with Crippen LogP contribution in [0.25, 0.3) is 0 Å². The fraction of sp³-hybridized carbons (Fsp3) is 0.938. The Labute approximate surface area is 123 Å². The first kappa shape index (κ1) is 15.8. The van der Waals surface area contributed by atoms with Gasteiger partial charge in [0.1, 0.15) is 5.54 Å². The molecule has 1 amide bonds. The molecule has 0 radical (unpaired) electrons. The summed E-state index contributed by atoms with van der Waals surface area (Å²) in [5.74, 6) is 0.828. The number of hydrogen-bond donors (Lipinski definition) is 1. The van der Waals surface area contributed by atoms with Gasteiger partial charge in [-0.15, -0.1) is 0 Å². The second-order valence-corrected chi connectivity index (χ2v) is 7.13. The summed E-state index contributed by atoms with van der Waals surface area (Å²) in [6, 6.07) is 0. The number of fused-ring (bicyclic) bond motifs is 1. The number of amides is 1. The summed E-state index contributed by atoms with van der Waals surface area (Å²) in [7, 11) is 0. The highest BCUT2D eigenvalue weighted by Crippen LogP contribution is 2.58. The molecule has 2 aliphatic rings. The van der Waals surface area contributed by atoms with Gasteiger partial charge in [0, 0.05) is 31.0 Å². The van der Waals surface area contributed by atoms with E-state index in [2.05, 4.69) is 27.7 Å². The molecule has 1 aliphatic carbocycles. The summed E-state index contributed by atoms with van der Waals surface area (Å²) < 4.78 is 5.78. The molecule has 0 spiro atoms. The van der Waals surface area contributed by atoms with E-state index >= 15 is 0 Å². The molecule has 4 heteroatoms. The highest BCUT2D eigenvalue weighted by atomic mass is 16.5. The molecule has 116 valence electrons. The van der Waals surface area contributed by atoms with Crippen molar-refractivity contribution in [2.24, 2.45) is 23.0 Å². The highest BCUT2D eigenvalue weighted by Gasteiger charge is 2.71. The molecule has 4 atom stereocenters. The summed E-state index contributed by atoms with van der Waals surface area (Å²) in [6.07, 6.45) is 2.15. The van der Waals surface area contributed by atoms with Gasteiger partial charge in [-0.05, 0) is 19.3 Å². The highest BCUT2D eigenvalue weighted by molar-refractivity contribution is 5.89. The minimum Gasteiger partial charge on any atom is -0.377 e. The summed E-state index contributed by atoms with van der Waals surface area (Å²) in [6.45, 7) is 12.8. The number of carbonyl (C=O) groups excluding carboxylic acids is 1. The second kappa shape index (κ2) is 5.30. The van der Waals surface area contributed by atoms with E-state index in [-0.39, 0.29) is 23.3 Å². The van der Waals surface area contributed by atoms with Crippen molar-refractivity contribution in [3.05, 3.63) is 0 Å². The molecule has 20 heavy (non-hydrogen) atoms. The van der Waals surface area contributed by atoms with E-state index in [0.29, 0.717) is 5.92 Å². The Kier molecular flexibility index (Phi) is 4.18. The third kappa shape index (κ3) is 2.00. The summed E-state index contributed by atoms with van der Waals surface area (Å²) >= 11 is 0. The van der Waals surface area contributed by atoms with Crippen molar-refractivity contribution in [3.8, 4) is 0 Å². The van der Waals surface area contributed by atoms with Crippen molar-refractivity contribution in [2.45, 2.75) is 59.1 Å². The number of likely N-dealkylation sites (N-methyl/N-ethyl adjacent to an activating group) is 1. The molecule has 4 nitrogen and oxygen atoms in total. The van der Waals surface area contributed by atoms with Gasteiger partial charge in [-0.3, -0.25) is 4.79 Å². The molecule has 4 unspecified atom stereocenters. The SMILES string of the molecule is CCC(C)CN(CC)C(=O)C1(N)C2CCOC2C1(C)C. The first-order valence-electron chi connectivity index (χ1n) is 8.00. The van der Waals surface area contributed by atoms with Gasteiger partial charge >= 0.3 is 0 Å². The number of hydrogen-bond acceptors (Lipinski definition) is 3. The van der Waals surface area contributed by atoms with Crippen LogP contribution >= 0.6 is 0 Å². The largest absolute Gasteiger partial charge is 0.377 e. The molecular formula is C16H30N2O2. The van der Waals surface area contributed by atoms with Crippen molar-refractivity contribution in [1.82, 2.24) is 4.90 Å². The molecule has 2 rings (SSSR count). The van der Waals surface area contributed by atoms with Crippen LogP contribution in [0.3, 0.4) is 0 Å². The number of nitrogens with two attached hydrogens (primary N) is 1. The Balaban J connectivity index is 2.18. The molecule has 0 bridgehead atoms. The lowest BCUT2D eigenvalue weighted by atomic mass is 9.47. The zero-order valence-corrected chi connectivity index (χ0v) is 13.6. The molecule has 1 saturated heterocycles. The molecule has 2 N–H and O–H groups in total. The quantitative estimate of drug-likeness (QED) is 0.839. The van der Waals surface area contributed by atoms with Crippen LogP contribution in [0, 0.1) is 17.3 Å². The second-order valence-electron chi connectivity index (χ2n) is 7.13. The smallest absolute Gasteiger partial charge is 0.243 e. The molecule has 1 saturated carbocycles. The predicted octanol–water partition coefficient (Wildman–Crippen LogP) is 2.02. The lowest BCUT2D eigenvalue weighted by Crippen LogP contribution is -2.80. The molecule has 1 heterocycles. The van der Waals surface area contributed by atoms with Gasteiger partial charge < -0.3 is 15.4 Å². The van der Waals surface area contributed by atoms with Crippen LogP contribution in [0.15, 0.2) is 0 Å². The standard InChI is InChI=1S/C16H30N2O2/c1-6-11(3)10-18(7-2)14(19)16(17)12-8-9-20-13(12)15(16,4)5/h11-13H,6-10,17H2,1-5H3. The normalized spacial score (nSPS) is 36.1. The topological polar surface area (TPSA) is 55.6 Å². The van der Waals surface area contributed by atoms with Crippen LogP contribution < -0.4 is 5.73 Å². The molecule has 0 aromatic rings. The Morgan fingerprint density at radius 1 is 1.45 bits per heavy atom. The van der Waals surface area contributed by atoms with Crippen LogP contribution in [0.5, 0.6) is 0 Å². The van der Waals surface area contributed by atoms with Gasteiger partial charge in [0.05, 0.1) is 6.10 Å². The van der Waals surface area contributed by atoms with Gasteiger partial charge in [-0.2, -0.15) is 0 Å². The van der Waals surface area contributed by atoms with Crippen LogP contribution in [-0.2, 0) is 9.53 Å². The first-order chi connectivity index (χ1) is 9.30. The fourth-order valence-corrected chi connectivity index (χ4v) is 3.94. The Morgan fingerprint density at radius 3 is 2.65 bits per heavy atom. The van der Waals surface area contributed by atoms with Gasteiger partial charge in [-0.25, -0.2) is 0 Å². The average molecular weight is 282 g/mol. The van der Waals surface area contributed by atoms with Crippen LogP contribution in [0.4, 0.5) is 0 Å². The van der Waals surface area contributed by atoms with Crippen molar-refractivity contribution >= 4 is 5.91 Å². The van der Waals surface area contributed by atoms with E-state index in [1.807, 2.05) is 11.8 Å². The minimum absolute atomic E-state index is 0.122. The Hall–Kier alpha value is -0.610. The van der Waals surface area contributed by atoms with Crippen molar-refractivity contribution in [3.63, 3.8) is 0 Å². The zero-order chi connectivity index (χ0) is 15.1. The van der Waals surface area contributed by atoms with E-state index in [9.17, 15) is 4.79 Å². The number of ether oxygens (including phenoxy) is 1. The van der Waals surface area contributed by atoms with Gasteiger partial charge in [0.15, 0.2) is 0 Å². The van der Waals surface area contributed by atoms with E-state index < -0.39 is 5.54 Å². The maximum atomic E-state index is 13.0. The summed E-state index contributed by atoms with van der Waals surface area (Å²) in [5.41, 5.74) is 5.61. The maximum Gasteiger partial charge on any atom is 0.243 e. The molecule has 0 aromatic carbocycles. The van der Waals surface area contributed by atoms with Crippen LogP contribution in [0.1, 0.15) is 47.5 Å². The van der Waals surface area contributed by atoms with E-state index in [1.165, 1.54) is 0 Å². The first-order valence-corrected chi connectivity index (χ1v) is 8.00. The average Bonchev–Trinajstić information content (AvgIpc) is 2.90. The molecule has 1 aliphatic heterocycles. The van der Waals surface area contributed by atoms with E-state index in [1.54, 1.807) is 0 Å². The van der Waals surface area contributed by atoms with Crippen LogP contribution in [-0.4, -0.2) is 42.1 Å². The predicted molar refractivity (Wildman–Crippen MR) is 80.3 cm³/mol. The molecule has 2 fully saturated rings. The third-order valence-corrected chi connectivity index (χ3v) is 5.71. The van der Waals surface area contributed by atoms with Crippen LogP contribution in [0.2, 0.25) is 0 Å². The van der Waals surface area contributed by atoms with E-state index in [4.69, 9.17) is 10.5 Å². The van der Waals surface area contributed by atoms with Gasteiger partial charge in [-0.1, -0.05) is 34.1 Å². The number of nitrogens with zero attached hydrogens (tertiary/aromatic N) is 1. The maximum absolute atomic E-state index is 13.0. The summed E-state index contributed by atoms with van der Waals surface area (Å²) in [4.78, 5) is 15.0. The minimum atomic E-state index is -0.752. The Morgan fingerprint density at radius 2 is 2.10 bits per heavy atom. The third-order valence-electron chi connectivity index (χ3n) is 5.71. The Bertz CT molecular complexity index is 383.